The van der Waals surface area contributed by atoms with Crippen LogP contribution in [0.25, 0.3) is 0 Å². The SMILES string of the molecule is CC(C)(O)CC(O)C(=O)NCCC(=O)[O-].[Na+]. The summed E-state index contributed by atoms with van der Waals surface area (Å²) in [6.45, 7) is 2.83. The van der Waals surface area contributed by atoms with Crippen molar-refractivity contribution in [2.75, 3.05) is 6.54 Å². The van der Waals surface area contributed by atoms with Crippen molar-refractivity contribution in [1.29, 1.82) is 0 Å². The molecule has 0 fully saturated rings. The second kappa shape index (κ2) is 8.03. The topological polar surface area (TPSA) is 110 Å². The van der Waals surface area contributed by atoms with Crippen molar-refractivity contribution in [2.45, 2.75) is 38.4 Å². The van der Waals surface area contributed by atoms with E-state index in [-0.39, 0.29) is 48.9 Å². The molecule has 7 heteroatoms. The molecule has 3 N–H and O–H groups in total. The number of carbonyl (C=O) groups is 2. The first kappa shape index (κ1) is 18.2. The molecule has 0 radical (unpaired) electrons. The molecule has 0 heterocycles. The zero-order valence-electron chi connectivity index (χ0n) is 9.82. The number of rotatable bonds is 6. The van der Waals surface area contributed by atoms with E-state index in [0.717, 1.165) is 0 Å². The van der Waals surface area contributed by atoms with Gasteiger partial charge in [0.1, 0.15) is 6.10 Å². The van der Waals surface area contributed by atoms with E-state index in [1.165, 1.54) is 13.8 Å². The van der Waals surface area contributed by atoms with Gasteiger partial charge in [-0.1, -0.05) is 0 Å². The molecule has 0 aromatic heterocycles. The molecule has 0 saturated carbocycles. The van der Waals surface area contributed by atoms with Crippen LogP contribution in [-0.4, -0.2) is 40.3 Å². The van der Waals surface area contributed by atoms with Crippen LogP contribution in [0.4, 0.5) is 0 Å². The van der Waals surface area contributed by atoms with Crippen molar-refractivity contribution < 1.29 is 54.5 Å². The Morgan fingerprint density at radius 3 is 2.31 bits per heavy atom. The molecular formula is C9H16NNaO5. The third-order valence-electron chi connectivity index (χ3n) is 1.62. The fraction of sp³-hybridized carbons (Fsp3) is 0.778. The molecule has 16 heavy (non-hydrogen) atoms. The average Bonchev–Trinajstić information content (AvgIpc) is 1.99. The number of aliphatic hydroxyl groups is 2. The van der Waals surface area contributed by atoms with Crippen molar-refractivity contribution in [3.63, 3.8) is 0 Å². The van der Waals surface area contributed by atoms with E-state index in [1.807, 2.05) is 0 Å². The number of carbonyl (C=O) groups excluding carboxylic acids is 2. The summed E-state index contributed by atoms with van der Waals surface area (Å²) in [7, 11) is 0. The molecule has 0 aliphatic carbocycles. The van der Waals surface area contributed by atoms with Crippen LogP contribution in [-0.2, 0) is 9.59 Å². The summed E-state index contributed by atoms with van der Waals surface area (Å²) in [4.78, 5) is 21.1. The summed E-state index contributed by atoms with van der Waals surface area (Å²) in [6.07, 6.45) is -1.75. The molecule has 0 saturated heterocycles. The Balaban J connectivity index is 0. The van der Waals surface area contributed by atoms with Gasteiger partial charge in [-0.05, 0) is 13.8 Å². The zero-order valence-corrected chi connectivity index (χ0v) is 11.8. The molecule has 0 aliphatic rings. The molecule has 0 aromatic carbocycles. The van der Waals surface area contributed by atoms with Gasteiger partial charge in [0.05, 0.1) is 5.60 Å². The Labute approximate surface area is 116 Å². The quantitative estimate of drug-likeness (QED) is 0.403. The van der Waals surface area contributed by atoms with Gasteiger partial charge in [-0.2, -0.15) is 0 Å². The van der Waals surface area contributed by atoms with Crippen molar-refractivity contribution in [3.8, 4) is 0 Å². The maximum Gasteiger partial charge on any atom is 1.00 e. The maximum absolute atomic E-state index is 11.1. The van der Waals surface area contributed by atoms with Gasteiger partial charge in [-0.3, -0.25) is 4.79 Å². The first-order chi connectivity index (χ1) is 6.72. The van der Waals surface area contributed by atoms with E-state index >= 15 is 0 Å². The first-order valence-electron chi connectivity index (χ1n) is 4.60. The minimum atomic E-state index is -1.34. The van der Waals surface area contributed by atoms with Gasteiger partial charge in [-0.25, -0.2) is 0 Å². The molecular weight excluding hydrogens is 225 g/mol. The average molecular weight is 241 g/mol. The van der Waals surface area contributed by atoms with E-state index in [0.29, 0.717) is 0 Å². The summed E-state index contributed by atoms with van der Waals surface area (Å²) in [5.41, 5.74) is -1.15. The number of hydrogen-bond donors (Lipinski definition) is 3. The third kappa shape index (κ3) is 10.4. The van der Waals surface area contributed by atoms with Gasteiger partial charge in [-0.15, -0.1) is 0 Å². The van der Waals surface area contributed by atoms with Crippen molar-refractivity contribution in [3.05, 3.63) is 0 Å². The van der Waals surface area contributed by atoms with Gasteiger partial charge >= 0.3 is 29.6 Å². The minimum absolute atomic E-state index is 0. The summed E-state index contributed by atoms with van der Waals surface area (Å²) in [6, 6.07) is 0. The number of amides is 1. The van der Waals surface area contributed by atoms with Crippen LogP contribution in [0, 0.1) is 0 Å². The predicted molar refractivity (Wildman–Crippen MR) is 49.6 cm³/mol. The van der Waals surface area contributed by atoms with E-state index in [1.54, 1.807) is 0 Å². The summed E-state index contributed by atoms with van der Waals surface area (Å²) >= 11 is 0. The molecule has 1 amide bonds. The zero-order chi connectivity index (χ0) is 12.1. The Morgan fingerprint density at radius 2 is 1.94 bits per heavy atom. The summed E-state index contributed by atoms with van der Waals surface area (Å²) in [5, 5.41) is 30.8. The minimum Gasteiger partial charge on any atom is -0.550 e. The molecule has 0 bridgehead atoms. The number of carboxylic acids is 1. The van der Waals surface area contributed by atoms with Crippen molar-refractivity contribution in [2.24, 2.45) is 0 Å². The predicted octanol–water partition coefficient (Wildman–Crippen LogP) is -5.23. The van der Waals surface area contributed by atoms with Crippen LogP contribution in [0.5, 0.6) is 0 Å². The van der Waals surface area contributed by atoms with Crippen molar-refractivity contribution >= 4 is 11.9 Å². The standard InChI is InChI=1S/C9H17NO5.Na/c1-9(2,15)5-6(11)8(14)10-4-3-7(12)13;/h6,11,15H,3-5H2,1-2H3,(H,10,14)(H,12,13);/q;+1/p-1. The van der Waals surface area contributed by atoms with Gasteiger partial charge in [0.15, 0.2) is 0 Å². The van der Waals surface area contributed by atoms with Crippen LogP contribution in [0.2, 0.25) is 0 Å². The Kier molecular flexibility index (Phi) is 9.14. The van der Waals surface area contributed by atoms with Crippen LogP contribution < -0.4 is 40.0 Å². The van der Waals surface area contributed by atoms with Crippen molar-refractivity contribution in [1.82, 2.24) is 5.32 Å². The van der Waals surface area contributed by atoms with E-state index in [2.05, 4.69) is 5.32 Å². The number of aliphatic carboxylic acids is 1. The molecule has 1 atom stereocenters. The number of aliphatic hydroxyl groups excluding tert-OH is 1. The monoisotopic (exact) mass is 241 g/mol. The summed E-state index contributed by atoms with van der Waals surface area (Å²) in [5.74, 6) is -1.97. The first-order valence-corrected chi connectivity index (χ1v) is 4.60. The maximum atomic E-state index is 11.1. The molecule has 88 valence electrons. The second-order valence-electron chi connectivity index (χ2n) is 3.95. The van der Waals surface area contributed by atoms with E-state index in [4.69, 9.17) is 0 Å². The Morgan fingerprint density at radius 1 is 1.44 bits per heavy atom. The number of carboxylic acid groups (broad SMARTS) is 1. The van der Waals surface area contributed by atoms with Crippen LogP contribution in [0.15, 0.2) is 0 Å². The second-order valence-corrected chi connectivity index (χ2v) is 3.95. The molecule has 0 aliphatic heterocycles. The molecule has 1 unspecified atom stereocenters. The number of nitrogens with one attached hydrogen (secondary N) is 1. The largest absolute Gasteiger partial charge is 1.00 e. The molecule has 0 aromatic rings. The fourth-order valence-electron chi connectivity index (χ4n) is 0.971. The van der Waals surface area contributed by atoms with Gasteiger partial charge in [0.2, 0.25) is 5.91 Å². The third-order valence-corrected chi connectivity index (χ3v) is 1.62. The van der Waals surface area contributed by atoms with E-state index in [9.17, 15) is 24.9 Å². The molecule has 0 spiro atoms. The molecule has 0 rings (SSSR count). The smallest absolute Gasteiger partial charge is 0.550 e. The van der Waals surface area contributed by atoms with Crippen LogP contribution in [0.1, 0.15) is 26.7 Å². The Bertz CT molecular complexity index is 239. The van der Waals surface area contributed by atoms with Crippen LogP contribution >= 0.6 is 0 Å². The normalized spacial score (nSPS) is 12.5. The van der Waals surface area contributed by atoms with Gasteiger partial charge in [0, 0.05) is 25.4 Å². The number of hydrogen-bond acceptors (Lipinski definition) is 5. The molecule has 6 nitrogen and oxygen atoms in total. The fourth-order valence-corrected chi connectivity index (χ4v) is 0.971. The summed E-state index contributed by atoms with van der Waals surface area (Å²) < 4.78 is 0. The Hall–Kier alpha value is -0.140. The van der Waals surface area contributed by atoms with Crippen LogP contribution in [0.3, 0.4) is 0 Å². The van der Waals surface area contributed by atoms with Gasteiger partial charge < -0.3 is 25.4 Å². The van der Waals surface area contributed by atoms with Gasteiger partial charge in [0.25, 0.3) is 0 Å². The van der Waals surface area contributed by atoms with E-state index < -0.39 is 23.6 Å².